The summed E-state index contributed by atoms with van der Waals surface area (Å²) in [7, 11) is 1.48. The van der Waals surface area contributed by atoms with E-state index >= 15 is 8.78 Å². The average molecular weight is 749 g/mol. The van der Waals surface area contributed by atoms with E-state index in [1.165, 1.54) is 19.2 Å². The van der Waals surface area contributed by atoms with Gasteiger partial charge >= 0.3 is 12.1 Å². The molecule has 5 aliphatic rings. The molecule has 0 aliphatic carbocycles. The first-order chi connectivity index (χ1) is 25.9. The van der Waals surface area contributed by atoms with Gasteiger partial charge in [-0.25, -0.2) is 22.9 Å². The zero-order valence-corrected chi connectivity index (χ0v) is 30.7. The van der Waals surface area contributed by atoms with Gasteiger partial charge in [0.2, 0.25) is 5.88 Å². The van der Waals surface area contributed by atoms with Crippen LogP contribution in [0.2, 0.25) is 0 Å². The van der Waals surface area contributed by atoms with Crippen molar-refractivity contribution < 1.29 is 41.7 Å². The van der Waals surface area contributed by atoms with Crippen molar-refractivity contribution in [2.45, 2.75) is 88.3 Å². The molecule has 9 rings (SSSR count). The van der Waals surface area contributed by atoms with E-state index in [4.69, 9.17) is 33.7 Å². The number of piperazine rings is 1. The number of carbonyl (C=O) groups is 1. The van der Waals surface area contributed by atoms with Crippen LogP contribution in [0, 0.1) is 11.6 Å². The number of fused-ring (bicyclic) bond motifs is 7. The normalized spacial score (nSPS) is 26.1. The van der Waals surface area contributed by atoms with E-state index in [-0.39, 0.29) is 71.5 Å². The standard InChI is InChI=1S/C39H43F3N6O6/c1-38(2,3)54-37(49)48-23-9-10-27(48)28-18-51-35-30-33(31(42)32(43-35)25-14-24(53-20-50-4)13-21-7-5-8-26(41)29(21)25)44-36(45-34(30)47(28)17-23)52-19-39-11-6-12-46(39)16-22(40)15-39/h5,7-8,13-14,22-23,27-28H,6,9-12,15-20H2,1-4H3/t22-,23-,27+,28-,39-/m0/s1. The molecule has 2 bridgehead atoms. The second-order valence-corrected chi connectivity index (χ2v) is 16.1. The molecule has 54 heavy (non-hydrogen) atoms. The number of nitrogens with zero attached hydrogens (tertiary/aromatic N) is 6. The van der Waals surface area contributed by atoms with Crippen LogP contribution in [0.3, 0.4) is 0 Å². The Hall–Kier alpha value is -4.63. The average Bonchev–Trinajstić information content (AvgIpc) is 3.73. The number of anilines is 1. The highest BCUT2D eigenvalue weighted by Gasteiger charge is 2.52. The fourth-order valence-corrected chi connectivity index (χ4v) is 9.31. The summed E-state index contributed by atoms with van der Waals surface area (Å²) in [5.74, 6) is -0.626. The minimum atomic E-state index is -0.960. The van der Waals surface area contributed by atoms with Crippen molar-refractivity contribution in [1.82, 2.24) is 24.8 Å². The molecule has 0 unspecified atom stereocenters. The van der Waals surface area contributed by atoms with Gasteiger partial charge in [-0.1, -0.05) is 12.1 Å². The number of methoxy groups -OCH3 is 1. The Morgan fingerprint density at radius 3 is 2.72 bits per heavy atom. The van der Waals surface area contributed by atoms with E-state index < -0.39 is 41.1 Å². The molecule has 5 atom stereocenters. The first kappa shape index (κ1) is 35.1. The van der Waals surface area contributed by atoms with Crippen LogP contribution in [-0.2, 0) is 9.47 Å². The zero-order valence-electron chi connectivity index (χ0n) is 30.7. The van der Waals surface area contributed by atoms with Gasteiger partial charge in [-0.3, -0.25) is 9.80 Å². The highest BCUT2D eigenvalue weighted by molar-refractivity contribution is 6.02. The lowest BCUT2D eigenvalue weighted by molar-refractivity contribution is 0.00537. The third kappa shape index (κ3) is 5.81. The largest absolute Gasteiger partial charge is 0.475 e. The third-order valence-corrected chi connectivity index (χ3v) is 11.5. The number of alkyl halides is 1. The number of benzene rings is 2. The monoisotopic (exact) mass is 748 g/mol. The summed E-state index contributed by atoms with van der Waals surface area (Å²) < 4.78 is 77.2. The molecular weight excluding hydrogens is 705 g/mol. The number of hydrogen-bond acceptors (Lipinski definition) is 11. The molecule has 4 fully saturated rings. The number of halogens is 3. The number of ether oxygens (including phenoxy) is 5. The second-order valence-electron chi connectivity index (χ2n) is 16.1. The van der Waals surface area contributed by atoms with Gasteiger partial charge in [0.15, 0.2) is 12.6 Å². The predicted molar refractivity (Wildman–Crippen MR) is 193 cm³/mol. The number of hydrogen-bond donors (Lipinski definition) is 0. The third-order valence-electron chi connectivity index (χ3n) is 11.5. The van der Waals surface area contributed by atoms with Crippen LogP contribution < -0.4 is 19.1 Å². The molecule has 5 aliphatic heterocycles. The maximum absolute atomic E-state index is 17.4. The highest BCUT2D eigenvalue weighted by Crippen LogP contribution is 2.47. The minimum absolute atomic E-state index is 0.0705. The van der Waals surface area contributed by atoms with Crippen LogP contribution in [0.15, 0.2) is 30.3 Å². The lowest BCUT2D eigenvalue weighted by atomic mass is 9.95. The molecule has 2 aromatic heterocycles. The van der Waals surface area contributed by atoms with Gasteiger partial charge < -0.3 is 28.6 Å². The highest BCUT2D eigenvalue weighted by atomic mass is 19.1. The Balaban J connectivity index is 1.19. The molecule has 1 amide bonds. The zero-order chi connectivity index (χ0) is 37.5. The fourth-order valence-electron chi connectivity index (χ4n) is 9.31. The van der Waals surface area contributed by atoms with Crippen molar-refractivity contribution in [3.63, 3.8) is 0 Å². The van der Waals surface area contributed by atoms with Crippen molar-refractivity contribution in [2.75, 3.05) is 51.7 Å². The molecule has 4 saturated heterocycles. The SMILES string of the molecule is COCOc1cc(-c2nc3c4c(nc(OC[C@@]56CCCN5C[C@@H](F)C6)nc4c2F)N2C[C@@H]4CC[C@H]([C@@H]2CO3)N4C(=O)OC(C)(C)C)c2c(F)cccc2c1. The van der Waals surface area contributed by atoms with E-state index in [1.54, 1.807) is 18.2 Å². The number of aromatic nitrogens is 3. The van der Waals surface area contributed by atoms with E-state index in [2.05, 4.69) is 14.8 Å². The van der Waals surface area contributed by atoms with Crippen LogP contribution in [0.4, 0.5) is 23.8 Å². The Bertz CT molecular complexity index is 2150. The minimum Gasteiger partial charge on any atom is -0.475 e. The Morgan fingerprint density at radius 1 is 1.06 bits per heavy atom. The van der Waals surface area contributed by atoms with Gasteiger partial charge in [-0.2, -0.15) is 9.97 Å². The van der Waals surface area contributed by atoms with Crippen molar-refractivity contribution in [1.29, 1.82) is 0 Å². The first-order valence-electron chi connectivity index (χ1n) is 18.6. The molecule has 12 nitrogen and oxygen atoms in total. The number of carbonyl (C=O) groups excluding carboxylic acids is 1. The van der Waals surface area contributed by atoms with Gasteiger partial charge in [-0.05, 0) is 76.6 Å². The maximum Gasteiger partial charge on any atom is 0.410 e. The van der Waals surface area contributed by atoms with E-state index in [9.17, 15) is 9.18 Å². The summed E-state index contributed by atoms with van der Waals surface area (Å²) in [5, 5.41) is 0.862. The lowest BCUT2D eigenvalue weighted by Gasteiger charge is -2.46. The molecule has 0 spiro atoms. The maximum atomic E-state index is 17.4. The molecule has 0 N–H and O–H groups in total. The van der Waals surface area contributed by atoms with Crippen LogP contribution in [0.5, 0.6) is 17.6 Å². The van der Waals surface area contributed by atoms with Gasteiger partial charge in [-0.15, -0.1) is 0 Å². The summed E-state index contributed by atoms with van der Waals surface area (Å²) in [6.45, 7) is 7.17. The smallest absolute Gasteiger partial charge is 0.410 e. The van der Waals surface area contributed by atoms with E-state index in [0.29, 0.717) is 42.9 Å². The fraction of sp³-hybridized carbons (Fsp3) is 0.538. The number of pyridine rings is 1. The molecule has 0 saturated carbocycles. The van der Waals surface area contributed by atoms with Gasteiger partial charge in [0, 0.05) is 37.6 Å². The summed E-state index contributed by atoms with van der Waals surface area (Å²) >= 11 is 0. The molecular formula is C39H43F3N6O6. The summed E-state index contributed by atoms with van der Waals surface area (Å²) in [6, 6.07) is 6.81. The van der Waals surface area contributed by atoms with Crippen molar-refractivity contribution in [2.24, 2.45) is 0 Å². The Morgan fingerprint density at radius 2 is 1.91 bits per heavy atom. The van der Waals surface area contributed by atoms with Crippen LogP contribution >= 0.6 is 0 Å². The molecule has 286 valence electrons. The second kappa shape index (κ2) is 13.0. The molecule has 7 heterocycles. The van der Waals surface area contributed by atoms with Crippen LogP contribution in [0.1, 0.15) is 52.9 Å². The summed E-state index contributed by atoms with van der Waals surface area (Å²) in [6.07, 6.45) is 2.13. The van der Waals surface area contributed by atoms with E-state index in [0.717, 1.165) is 25.8 Å². The topological polar surface area (TPSA) is 112 Å². The summed E-state index contributed by atoms with van der Waals surface area (Å²) in [5.41, 5.74) is -1.35. The lowest BCUT2D eigenvalue weighted by Crippen LogP contribution is -2.63. The molecule has 0 radical (unpaired) electrons. The Labute approximate surface area is 310 Å². The van der Waals surface area contributed by atoms with E-state index in [1.807, 2.05) is 25.7 Å². The molecule has 2 aromatic carbocycles. The van der Waals surface area contributed by atoms with Crippen LogP contribution in [0.25, 0.3) is 32.9 Å². The van der Waals surface area contributed by atoms with Crippen molar-refractivity contribution in [3.05, 3.63) is 42.0 Å². The predicted octanol–water partition coefficient (Wildman–Crippen LogP) is 6.41. The first-order valence-corrected chi connectivity index (χ1v) is 18.6. The number of amides is 1. The number of rotatable bonds is 7. The summed E-state index contributed by atoms with van der Waals surface area (Å²) in [4.78, 5) is 33.8. The molecule has 15 heteroatoms. The Kier molecular flexibility index (Phi) is 8.45. The van der Waals surface area contributed by atoms with Crippen molar-refractivity contribution in [3.8, 4) is 28.9 Å². The van der Waals surface area contributed by atoms with Crippen LogP contribution in [-0.4, -0.2) is 113 Å². The molecule has 4 aromatic rings. The van der Waals surface area contributed by atoms with Gasteiger partial charge in [0.1, 0.15) is 59.0 Å². The van der Waals surface area contributed by atoms with Gasteiger partial charge in [0.25, 0.3) is 0 Å². The van der Waals surface area contributed by atoms with Gasteiger partial charge in [0.05, 0.1) is 23.7 Å². The van der Waals surface area contributed by atoms with Crippen molar-refractivity contribution >= 4 is 33.6 Å². The quantitative estimate of drug-likeness (QED) is 0.196.